The standard InChI is InChI=1S/C16H19N3O2S/c20-16(19-8-10-22-11-9-19)7-6-15-17-14(18-21-15)12-13-4-2-1-3-5-13/h1-5H,6-12H2. The monoisotopic (exact) mass is 317 g/mol. The smallest absolute Gasteiger partial charge is 0.227 e. The average Bonchev–Trinajstić information content (AvgIpc) is 3.02. The lowest BCUT2D eigenvalue weighted by Crippen LogP contribution is -2.37. The van der Waals surface area contributed by atoms with Gasteiger partial charge in [0.1, 0.15) is 0 Å². The summed E-state index contributed by atoms with van der Waals surface area (Å²) in [5, 5.41) is 3.99. The molecule has 1 amide bonds. The van der Waals surface area contributed by atoms with E-state index in [1.54, 1.807) is 0 Å². The fourth-order valence-electron chi connectivity index (χ4n) is 2.43. The van der Waals surface area contributed by atoms with Crippen LogP contribution in [0.1, 0.15) is 23.7 Å². The van der Waals surface area contributed by atoms with Crippen molar-refractivity contribution in [3.63, 3.8) is 0 Å². The lowest BCUT2D eigenvalue weighted by Gasteiger charge is -2.26. The van der Waals surface area contributed by atoms with Gasteiger partial charge in [0, 0.05) is 43.9 Å². The second-order valence-corrected chi connectivity index (χ2v) is 6.48. The molecule has 0 aliphatic carbocycles. The highest BCUT2D eigenvalue weighted by Crippen LogP contribution is 2.12. The molecule has 0 radical (unpaired) electrons. The minimum Gasteiger partial charge on any atom is -0.341 e. The molecule has 2 aromatic rings. The summed E-state index contributed by atoms with van der Waals surface area (Å²) in [6, 6.07) is 10.0. The Morgan fingerprint density at radius 2 is 2.00 bits per heavy atom. The molecule has 3 rings (SSSR count). The third-order valence-electron chi connectivity index (χ3n) is 3.63. The van der Waals surface area contributed by atoms with Gasteiger partial charge in [-0.15, -0.1) is 0 Å². The van der Waals surface area contributed by atoms with Crippen molar-refractivity contribution in [2.45, 2.75) is 19.3 Å². The van der Waals surface area contributed by atoms with E-state index in [4.69, 9.17) is 4.52 Å². The first-order valence-electron chi connectivity index (χ1n) is 7.52. The SMILES string of the molecule is O=C(CCc1nc(Cc2ccccc2)no1)N1CCSCC1. The maximum absolute atomic E-state index is 12.1. The number of hydrogen-bond donors (Lipinski definition) is 0. The number of nitrogens with zero attached hydrogens (tertiary/aromatic N) is 3. The number of hydrogen-bond acceptors (Lipinski definition) is 5. The van der Waals surface area contributed by atoms with Gasteiger partial charge in [0.2, 0.25) is 11.8 Å². The number of carbonyl (C=O) groups is 1. The molecule has 5 nitrogen and oxygen atoms in total. The van der Waals surface area contributed by atoms with Crippen LogP contribution in [0.15, 0.2) is 34.9 Å². The summed E-state index contributed by atoms with van der Waals surface area (Å²) < 4.78 is 5.24. The Morgan fingerprint density at radius 3 is 2.77 bits per heavy atom. The number of amides is 1. The summed E-state index contributed by atoms with van der Waals surface area (Å²) >= 11 is 1.90. The third-order valence-corrected chi connectivity index (χ3v) is 4.57. The van der Waals surface area contributed by atoms with Gasteiger partial charge in [0.25, 0.3) is 0 Å². The normalized spacial score (nSPS) is 15.0. The Hall–Kier alpha value is -1.82. The molecule has 1 aromatic carbocycles. The van der Waals surface area contributed by atoms with E-state index in [1.807, 2.05) is 47.0 Å². The van der Waals surface area contributed by atoms with Gasteiger partial charge in [-0.05, 0) is 5.56 Å². The maximum Gasteiger partial charge on any atom is 0.227 e. The number of aryl methyl sites for hydroxylation is 1. The topological polar surface area (TPSA) is 59.2 Å². The molecule has 0 spiro atoms. The van der Waals surface area contributed by atoms with Crippen LogP contribution in [0.3, 0.4) is 0 Å². The molecular weight excluding hydrogens is 298 g/mol. The Labute approximate surface area is 134 Å². The number of benzene rings is 1. The third kappa shape index (κ3) is 4.10. The predicted molar refractivity (Wildman–Crippen MR) is 85.8 cm³/mol. The number of carbonyl (C=O) groups excluding carboxylic acids is 1. The molecule has 0 unspecified atom stereocenters. The fraction of sp³-hybridized carbons (Fsp3) is 0.438. The Bertz CT molecular complexity index is 609. The van der Waals surface area contributed by atoms with Crippen LogP contribution in [-0.4, -0.2) is 45.5 Å². The second-order valence-electron chi connectivity index (χ2n) is 5.26. The van der Waals surface area contributed by atoms with Gasteiger partial charge in [0.05, 0.1) is 0 Å². The van der Waals surface area contributed by atoms with E-state index in [0.717, 1.165) is 30.2 Å². The van der Waals surface area contributed by atoms with Gasteiger partial charge in [-0.1, -0.05) is 35.5 Å². The zero-order valence-electron chi connectivity index (χ0n) is 12.4. The quantitative estimate of drug-likeness (QED) is 0.846. The summed E-state index contributed by atoms with van der Waals surface area (Å²) in [6.07, 6.45) is 1.61. The maximum atomic E-state index is 12.1. The molecule has 1 saturated heterocycles. The molecule has 6 heteroatoms. The molecule has 1 fully saturated rings. The first-order valence-corrected chi connectivity index (χ1v) is 8.67. The van der Waals surface area contributed by atoms with Crippen molar-refractivity contribution in [2.75, 3.05) is 24.6 Å². The van der Waals surface area contributed by atoms with Crippen LogP contribution >= 0.6 is 11.8 Å². The lowest BCUT2D eigenvalue weighted by molar-refractivity contribution is -0.130. The van der Waals surface area contributed by atoms with Crippen molar-refractivity contribution in [3.05, 3.63) is 47.6 Å². The van der Waals surface area contributed by atoms with Crippen molar-refractivity contribution in [1.29, 1.82) is 0 Å². The molecular formula is C16H19N3O2S. The summed E-state index contributed by atoms with van der Waals surface area (Å²) in [5.74, 6) is 3.47. The van der Waals surface area contributed by atoms with Gasteiger partial charge in [0.15, 0.2) is 5.82 Å². The highest BCUT2D eigenvalue weighted by Gasteiger charge is 2.17. The van der Waals surface area contributed by atoms with E-state index < -0.39 is 0 Å². The minimum atomic E-state index is 0.183. The van der Waals surface area contributed by atoms with E-state index >= 15 is 0 Å². The van der Waals surface area contributed by atoms with Crippen LogP contribution in [0.5, 0.6) is 0 Å². The summed E-state index contributed by atoms with van der Waals surface area (Å²) in [7, 11) is 0. The molecule has 0 N–H and O–H groups in total. The predicted octanol–water partition coefficient (Wildman–Crippen LogP) is 2.17. The fourth-order valence-corrected chi connectivity index (χ4v) is 3.33. The highest BCUT2D eigenvalue weighted by molar-refractivity contribution is 7.99. The summed E-state index contributed by atoms with van der Waals surface area (Å²) in [5.41, 5.74) is 1.15. The molecule has 116 valence electrons. The van der Waals surface area contributed by atoms with E-state index in [9.17, 15) is 4.79 Å². The Morgan fingerprint density at radius 1 is 1.23 bits per heavy atom. The second kappa shape index (κ2) is 7.45. The Kier molecular flexibility index (Phi) is 5.11. The van der Waals surface area contributed by atoms with Gasteiger partial charge in [-0.3, -0.25) is 4.79 Å². The number of rotatable bonds is 5. The van der Waals surface area contributed by atoms with Crippen LogP contribution in [0, 0.1) is 0 Å². The van der Waals surface area contributed by atoms with Crippen LogP contribution in [-0.2, 0) is 17.6 Å². The van der Waals surface area contributed by atoms with Gasteiger partial charge < -0.3 is 9.42 Å². The molecule has 0 atom stereocenters. The number of thioether (sulfide) groups is 1. The van der Waals surface area contributed by atoms with Gasteiger partial charge in [-0.25, -0.2) is 0 Å². The van der Waals surface area contributed by atoms with E-state index in [1.165, 1.54) is 0 Å². The molecule has 1 aromatic heterocycles. The highest BCUT2D eigenvalue weighted by atomic mass is 32.2. The molecule has 1 aliphatic rings. The molecule has 1 aliphatic heterocycles. The largest absolute Gasteiger partial charge is 0.341 e. The van der Waals surface area contributed by atoms with Gasteiger partial charge in [-0.2, -0.15) is 16.7 Å². The van der Waals surface area contributed by atoms with E-state index in [0.29, 0.717) is 31.0 Å². The van der Waals surface area contributed by atoms with Crippen LogP contribution in [0.2, 0.25) is 0 Å². The molecule has 2 heterocycles. The van der Waals surface area contributed by atoms with E-state index in [-0.39, 0.29) is 5.91 Å². The van der Waals surface area contributed by atoms with Gasteiger partial charge >= 0.3 is 0 Å². The van der Waals surface area contributed by atoms with Crippen molar-refractivity contribution >= 4 is 17.7 Å². The zero-order valence-corrected chi connectivity index (χ0v) is 13.2. The summed E-state index contributed by atoms with van der Waals surface area (Å²) in [4.78, 5) is 18.4. The van der Waals surface area contributed by atoms with Crippen LogP contribution in [0.4, 0.5) is 0 Å². The van der Waals surface area contributed by atoms with Crippen LogP contribution < -0.4 is 0 Å². The van der Waals surface area contributed by atoms with E-state index in [2.05, 4.69) is 10.1 Å². The summed E-state index contributed by atoms with van der Waals surface area (Å²) in [6.45, 7) is 1.71. The van der Waals surface area contributed by atoms with Crippen molar-refractivity contribution < 1.29 is 9.32 Å². The first-order chi connectivity index (χ1) is 10.8. The van der Waals surface area contributed by atoms with Crippen molar-refractivity contribution in [2.24, 2.45) is 0 Å². The Balaban J connectivity index is 1.50. The average molecular weight is 317 g/mol. The molecule has 22 heavy (non-hydrogen) atoms. The zero-order chi connectivity index (χ0) is 15.2. The van der Waals surface area contributed by atoms with Crippen molar-refractivity contribution in [1.82, 2.24) is 15.0 Å². The van der Waals surface area contributed by atoms with Crippen LogP contribution in [0.25, 0.3) is 0 Å². The minimum absolute atomic E-state index is 0.183. The van der Waals surface area contributed by atoms with Crippen molar-refractivity contribution in [3.8, 4) is 0 Å². The molecule has 0 saturated carbocycles. The number of aromatic nitrogens is 2. The molecule has 0 bridgehead atoms. The first kappa shape index (κ1) is 15.1. The lowest BCUT2D eigenvalue weighted by atomic mass is 10.1.